The third-order valence-electron chi connectivity index (χ3n) is 22.6. The average Bonchev–Trinajstić information content (AvgIpc) is 1.59. The van der Waals surface area contributed by atoms with Crippen LogP contribution in [0.5, 0.6) is 0 Å². The van der Waals surface area contributed by atoms with E-state index in [9.17, 15) is 31.6 Å². The van der Waals surface area contributed by atoms with E-state index in [2.05, 4.69) is 24.3 Å². The van der Waals surface area contributed by atoms with Crippen molar-refractivity contribution in [1.29, 1.82) is 31.6 Å². The van der Waals surface area contributed by atoms with E-state index in [0.29, 0.717) is 106 Å². The maximum Gasteiger partial charge on any atom is 0.416 e. The van der Waals surface area contributed by atoms with Gasteiger partial charge in [0.25, 0.3) is 0 Å². The van der Waals surface area contributed by atoms with Gasteiger partial charge in [0.1, 0.15) is 11.6 Å². The van der Waals surface area contributed by atoms with E-state index < -0.39 is 23.5 Å². The Morgan fingerprint density at radius 2 is 0.508 bits per heavy atom. The fourth-order valence-electron chi connectivity index (χ4n) is 17.1. The van der Waals surface area contributed by atoms with Crippen LogP contribution in [0, 0.1) is 68.0 Å². The van der Waals surface area contributed by atoms with Crippen LogP contribution in [0.15, 0.2) is 316 Å². The minimum atomic E-state index is -4.84. The number of fused-ring (bicyclic) bond motifs is 12. The van der Waals surface area contributed by atoms with Crippen LogP contribution in [0.4, 0.5) is 26.3 Å². The highest BCUT2D eigenvalue weighted by Gasteiger charge is 2.34. The fraction of sp³-hybridized carbons (Fsp3) is 0.0196. The Labute approximate surface area is 679 Å². The number of hydrogen-bond donors (Lipinski definition) is 0. The van der Waals surface area contributed by atoms with Crippen molar-refractivity contribution >= 4 is 87.2 Å². The summed E-state index contributed by atoms with van der Waals surface area (Å²) in [5, 5.41) is 68.3. The summed E-state index contributed by atoms with van der Waals surface area (Å²) in [5.41, 5.74) is 13.9. The fourth-order valence-corrected chi connectivity index (χ4v) is 17.1. The quantitative estimate of drug-likeness (QED) is 0.114. The van der Waals surface area contributed by atoms with Gasteiger partial charge < -0.3 is 9.13 Å². The lowest BCUT2D eigenvalue weighted by molar-refractivity contribution is -0.138. The normalized spacial score (nSPS) is 11.7. The molecule has 0 unspecified atom stereocenters. The second-order valence-electron chi connectivity index (χ2n) is 29.5. The molecule has 120 heavy (non-hydrogen) atoms. The Kier molecular flexibility index (Phi) is 16.8. The number of aromatic nitrogens is 6. The molecular weight excluding hydrogens is 1510 g/mol. The molecule has 0 saturated carbocycles. The van der Waals surface area contributed by atoms with Gasteiger partial charge in [-0.05, 0) is 237 Å². The Hall–Kier alpha value is -16.9. The van der Waals surface area contributed by atoms with E-state index in [1.807, 2.05) is 249 Å². The summed E-state index contributed by atoms with van der Waals surface area (Å²) in [6, 6.07) is 103. The van der Waals surface area contributed by atoms with Crippen molar-refractivity contribution in [2.75, 3.05) is 0 Å². The minimum Gasteiger partial charge on any atom is -0.307 e. The molecule has 0 atom stereocenters. The van der Waals surface area contributed by atoms with E-state index in [0.717, 1.165) is 117 Å². The summed E-state index contributed by atoms with van der Waals surface area (Å²) in [7, 11) is 0. The highest BCUT2D eigenvalue weighted by molar-refractivity contribution is 6.15. The van der Waals surface area contributed by atoms with Crippen LogP contribution in [0.3, 0.4) is 0 Å². The third kappa shape index (κ3) is 12.1. The number of hydrogen-bond acceptors (Lipinski definition) is 8. The molecule has 562 valence electrons. The topological polar surface area (TPSA) is 188 Å². The third-order valence-corrected chi connectivity index (χ3v) is 22.6. The first-order chi connectivity index (χ1) is 58.4. The molecule has 20 aromatic rings. The molecule has 6 aromatic heterocycles. The van der Waals surface area contributed by atoms with Gasteiger partial charge in [-0.25, -0.2) is 9.97 Å². The molecule has 18 heteroatoms. The summed E-state index contributed by atoms with van der Waals surface area (Å²) in [6.45, 7) is 0. The van der Waals surface area contributed by atoms with Crippen LogP contribution < -0.4 is 0 Å². The van der Waals surface area contributed by atoms with Crippen LogP contribution in [-0.4, -0.2) is 28.2 Å². The summed E-state index contributed by atoms with van der Waals surface area (Å²) >= 11 is 0. The van der Waals surface area contributed by atoms with Crippen molar-refractivity contribution in [3.05, 3.63) is 360 Å². The lowest BCUT2D eigenvalue weighted by atomic mass is 9.94. The van der Waals surface area contributed by atoms with Crippen molar-refractivity contribution in [3.8, 4) is 137 Å². The van der Waals surface area contributed by atoms with Crippen LogP contribution >= 0.6 is 0 Å². The number of rotatable bonds is 11. The number of nitriles is 6. The Morgan fingerprint density at radius 1 is 0.217 bits per heavy atom. The van der Waals surface area contributed by atoms with Gasteiger partial charge in [0.15, 0.2) is 0 Å². The molecule has 0 saturated heterocycles. The maximum absolute atomic E-state index is 15.2. The van der Waals surface area contributed by atoms with Crippen LogP contribution in [0.1, 0.15) is 44.5 Å². The van der Waals surface area contributed by atoms with Crippen molar-refractivity contribution in [3.63, 3.8) is 0 Å². The number of nitrogens with zero attached hydrogens (tertiary/aromatic N) is 12. The molecule has 12 nitrogen and oxygen atoms in total. The molecule has 0 spiro atoms. The van der Waals surface area contributed by atoms with Crippen molar-refractivity contribution < 1.29 is 26.3 Å². The monoisotopic (exact) mass is 1560 g/mol. The van der Waals surface area contributed by atoms with E-state index >= 15 is 26.3 Å². The smallest absolute Gasteiger partial charge is 0.307 e. The Morgan fingerprint density at radius 3 is 0.933 bits per heavy atom. The lowest BCUT2D eigenvalue weighted by Gasteiger charge is -2.18. The molecular formula is C102H52F6N12. The molecule has 0 fully saturated rings. The number of pyridine rings is 2. The molecule has 0 aliphatic carbocycles. The maximum atomic E-state index is 15.2. The van der Waals surface area contributed by atoms with Crippen molar-refractivity contribution in [2.24, 2.45) is 0 Å². The van der Waals surface area contributed by atoms with Gasteiger partial charge in [-0.3, -0.25) is 9.13 Å². The van der Waals surface area contributed by atoms with Gasteiger partial charge in [-0.2, -0.15) is 57.9 Å². The molecule has 20 rings (SSSR count). The van der Waals surface area contributed by atoms with E-state index in [4.69, 9.17) is 9.97 Å². The lowest BCUT2D eigenvalue weighted by Crippen LogP contribution is -2.07. The van der Waals surface area contributed by atoms with Crippen LogP contribution in [0.2, 0.25) is 0 Å². The predicted molar refractivity (Wildman–Crippen MR) is 456 cm³/mol. The number of alkyl halides is 6. The molecule has 0 aliphatic rings. The largest absolute Gasteiger partial charge is 0.416 e. The Balaban J connectivity index is 0.766. The zero-order valence-electron chi connectivity index (χ0n) is 62.7. The molecule has 0 amide bonds. The number of benzene rings is 14. The minimum absolute atomic E-state index is 0.0986. The Bertz CT molecular complexity index is 8130. The van der Waals surface area contributed by atoms with E-state index in [1.54, 1.807) is 60.9 Å². The molecule has 0 bridgehead atoms. The molecule has 0 N–H and O–H groups in total. The van der Waals surface area contributed by atoms with Crippen LogP contribution in [-0.2, 0) is 12.4 Å². The highest BCUT2D eigenvalue weighted by Crippen LogP contribution is 2.47. The SMILES string of the molecule is N#Cc1cccc(-c2ccc3c(c2)c2cc(-c4cc(C#N)cc(-c5ccc6c7ccccc7n(-c7cnc(-n8c9ccccc9c9ccc(-c%10cccc(C#N)c%10)cc98)cc7-c7cc(C#N)cc(C(F)(F)F)c7)c6c5)c4)ccc2n3-c2cc(-c3cc(C#N)cc(C(F)(F)F)c3)c(-n3c4ccccc4c4cc(-c5cccc(C#N)c5)ccc43)cn2)c1. The summed E-state index contributed by atoms with van der Waals surface area (Å²) in [5.74, 6) is 0.685. The zero-order chi connectivity index (χ0) is 82.0. The van der Waals surface area contributed by atoms with Gasteiger partial charge in [0.2, 0.25) is 0 Å². The van der Waals surface area contributed by atoms with E-state index in [-0.39, 0.29) is 22.3 Å². The molecule has 0 aliphatic heterocycles. The first-order valence-corrected chi connectivity index (χ1v) is 37.9. The van der Waals surface area contributed by atoms with Gasteiger partial charge in [0.05, 0.1) is 149 Å². The second kappa shape index (κ2) is 28.0. The van der Waals surface area contributed by atoms with Gasteiger partial charge in [-0.1, -0.05) is 133 Å². The first kappa shape index (κ1) is 72.1. The standard InChI is InChI=1S/C102H52F6N12/c103-101(104,105)77-39-63(55-113)37-75(42-77)84-49-99(115-57-97(84)117-90-20-5-3-18-81(90)86-44-68(24-29-92(86)117)65-13-7-10-59(32-65)51-109)119-93-30-25-69(66-14-8-11-60(33-66)52-110)45-87(93)88-46-70(26-31-94(88)119)73-35-62(54-112)36-74(41-73)72-23-28-82-79-16-1-4-19-89(79)118(95(82)48-72)98-58-116-100(50-85(98)76-38-64(56-114)40-78(43-76)102(106,107)108)120-91-21-6-2-17-80(91)83-27-22-71(47-96(83)120)67-15-9-12-61(34-67)53-111/h1-50,57-58H. The molecule has 14 aromatic carbocycles. The average molecular weight is 1560 g/mol. The van der Waals surface area contributed by atoms with Gasteiger partial charge in [0, 0.05) is 54.2 Å². The first-order valence-electron chi connectivity index (χ1n) is 37.9. The van der Waals surface area contributed by atoms with Crippen molar-refractivity contribution in [2.45, 2.75) is 12.4 Å². The van der Waals surface area contributed by atoms with Crippen molar-refractivity contribution in [1.82, 2.24) is 28.2 Å². The number of halogens is 6. The van der Waals surface area contributed by atoms with Gasteiger partial charge in [-0.15, -0.1) is 0 Å². The van der Waals surface area contributed by atoms with E-state index in [1.165, 1.54) is 12.1 Å². The van der Waals surface area contributed by atoms with Gasteiger partial charge >= 0.3 is 12.4 Å². The number of para-hydroxylation sites is 3. The molecule has 6 heterocycles. The van der Waals surface area contributed by atoms with Crippen LogP contribution in [0.25, 0.3) is 188 Å². The predicted octanol–water partition coefficient (Wildman–Crippen LogP) is 25.8. The zero-order valence-corrected chi connectivity index (χ0v) is 62.7. The molecule has 0 radical (unpaired) electrons. The summed E-state index contributed by atoms with van der Waals surface area (Å²) in [4.78, 5) is 10.5. The second-order valence-corrected chi connectivity index (χ2v) is 29.5. The highest BCUT2D eigenvalue weighted by atomic mass is 19.4. The summed E-state index contributed by atoms with van der Waals surface area (Å²) in [6.07, 6.45) is -6.39. The summed E-state index contributed by atoms with van der Waals surface area (Å²) < 4.78 is 99.1.